The normalized spacial score (nSPS) is 11.5. The lowest BCUT2D eigenvalue weighted by atomic mass is 10.0. The van der Waals surface area contributed by atoms with Crippen molar-refractivity contribution >= 4 is 43.6 Å². The summed E-state index contributed by atoms with van der Waals surface area (Å²) >= 11 is 0. The van der Waals surface area contributed by atoms with Gasteiger partial charge in [-0.15, -0.1) is 0 Å². The van der Waals surface area contributed by atoms with Crippen LogP contribution in [-0.4, -0.2) is 24.1 Å². The van der Waals surface area contributed by atoms with Crippen molar-refractivity contribution in [3.63, 3.8) is 0 Å². The molecule has 318 valence electrons. The molecule has 5 heteroatoms. The summed E-state index contributed by atoms with van der Waals surface area (Å²) in [6.45, 7) is 0. The summed E-state index contributed by atoms with van der Waals surface area (Å²) in [6, 6.07) is 88.3. The SMILES string of the molecule is c1ccc(-c2ccc(-c3nc(-c4ccccc4)nc(-c4cccc(-c5ccc6c7ccccc7n(-c7cccc(-c8ccc9c%10ccccc%10n(-c%10ccccc%10)c9c8)c7)c6c5)c4)n3)cc2)cc1. The second-order valence-electron chi connectivity index (χ2n) is 17.3. The number of hydrogen-bond acceptors (Lipinski definition) is 3. The average Bonchev–Trinajstić information content (AvgIpc) is 3.94. The van der Waals surface area contributed by atoms with Gasteiger partial charge in [-0.25, -0.2) is 15.0 Å². The predicted molar refractivity (Wildman–Crippen MR) is 281 cm³/mol. The van der Waals surface area contributed by atoms with Crippen molar-refractivity contribution < 1.29 is 0 Å². The molecule has 10 aromatic carbocycles. The van der Waals surface area contributed by atoms with Crippen LogP contribution in [0.15, 0.2) is 249 Å². The molecular formula is C63H41N5. The zero-order valence-corrected chi connectivity index (χ0v) is 36.9. The quantitative estimate of drug-likeness (QED) is 0.153. The van der Waals surface area contributed by atoms with Gasteiger partial charge in [0, 0.05) is 49.6 Å². The monoisotopic (exact) mass is 867 g/mol. The van der Waals surface area contributed by atoms with Crippen molar-refractivity contribution in [2.45, 2.75) is 0 Å². The van der Waals surface area contributed by atoms with Crippen LogP contribution in [-0.2, 0) is 0 Å². The van der Waals surface area contributed by atoms with Crippen molar-refractivity contribution in [2.75, 3.05) is 0 Å². The average molecular weight is 868 g/mol. The van der Waals surface area contributed by atoms with E-state index >= 15 is 0 Å². The number of rotatable bonds is 8. The van der Waals surface area contributed by atoms with E-state index in [0.29, 0.717) is 17.5 Å². The second kappa shape index (κ2) is 16.4. The largest absolute Gasteiger partial charge is 0.309 e. The molecular weight excluding hydrogens is 827 g/mol. The number of aromatic nitrogens is 5. The van der Waals surface area contributed by atoms with E-state index in [4.69, 9.17) is 15.0 Å². The smallest absolute Gasteiger partial charge is 0.164 e. The zero-order valence-electron chi connectivity index (χ0n) is 36.9. The van der Waals surface area contributed by atoms with Gasteiger partial charge in [-0.2, -0.15) is 0 Å². The van der Waals surface area contributed by atoms with Gasteiger partial charge in [0.2, 0.25) is 0 Å². The lowest BCUT2D eigenvalue weighted by molar-refractivity contribution is 1.07. The third-order valence-electron chi connectivity index (χ3n) is 13.2. The van der Waals surface area contributed by atoms with Crippen molar-refractivity contribution in [3.05, 3.63) is 249 Å². The highest BCUT2D eigenvalue weighted by Crippen LogP contribution is 2.39. The first kappa shape index (κ1) is 39.2. The van der Waals surface area contributed by atoms with E-state index < -0.39 is 0 Å². The van der Waals surface area contributed by atoms with E-state index in [0.717, 1.165) is 61.4 Å². The molecule has 0 atom stereocenters. The Kier molecular flexibility index (Phi) is 9.43. The van der Waals surface area contributed by atoms with Gasteiger partial charge < -0.3 is 9.13 Å². The predicted octanol–water partition coefficient (Wildman–Crippen LogP) is 16.1. The molecule has 0 radical (unpaired) electrons. The molecule has 5 nitrogen and oxygen atoms in total. The van der Waals surface area contributed by atoms with Crippen LogP contribution in [0, 0.1) is 0 Å². The molecule has 13 rings (SSSR count). The van der Waals surface area contributed by atoms with Gasteiger partial charge in [0.25, 0.3) is 0 Å². The molecule has 0 amide bonds. The van der Waals surface area contributed by atoms with Gasteiger partial charge in [-0.05, 0) is 88.0 Å². The van der Waals surface area contributed by atoms with Crippen LogP contribution >= 0.6 is 0 Å². The van der Waals surface area contributed by atoms with Gasteiger partial charge in [-0.1, -0.05) is 194 Å². The topological polar surface area (TPSA) is 48.5 Å². The fourth-order valence-electron chi connectivity index (χ4n) is 9.89. The Bertz CT molecular complexity index is 4000. The fourth-order valence-corrected chi connectivity index (χ4v) is 9.89. The summed E-state index contributed by atoms with van der Waals surface area (Å²) in [7, 11) is 0. The highest BCUT2D eigenvalue weighted by molar-refractivity contribution is 6.11. The molecule has 0 fully saturated rings. The van der Waals surface area contributed by atoms with Gasteiger partial charge in [0.15, 0.2) is 17.5 Å². The molecule has 13 aromatic rings. The highest BCUT2D eigenvalue weighted by atomic mass is 15.0. The summed E-state index contributed by atoms with van der Waals surface area (Å²) < 4.78 is 4.79. The Labute approximate surface area is 393 Å². The molecule has 3 heterocycles. The molecule has 0 bridgehead atoms. The Hall–Kier alpha value is -9.19. The van der Waals surface area contributed by atoms with E-state index in [1.807, 2.05) is 36.4 Å². The van der Waals surface area contributed by atoms with E-state index in [1.165, 1.54) is 43.7 Å². The molecule has 0 saturated carbocycles. The number of nitrogens with zero attached hydrogens (tertiary/aromatic N) is 5. The summed E-state index contributed by atoms with van der Waals surface area (Å²) in [4.78, 5) is 15.2. The van der Waals surface area contributed by atoms with Crippen LogP contribution in [0.25, 0.3) is 123 Å². The van der Waals surface area contributed by atoms with E-state index in [1.54, 1.807) is 0 Å². The molecule has 3 aromatic heterocycles. The molecule has 0 saturated heterocycles. The van der Waals surface area contributed by atoms with Crippen LogP contribution in [0.2, 0.25) is 0 Å². The second-order valence-corrected chi connectivity index (χ2v) is 17.3. The maximum absolute atomic E-state index is 5.12. The first-order valence-corrected chi connectivity index (χ1v) is 23.0. The highest BCUT2D eigenvalue weighted by Gasteiger charge is 2.18. The minimum Gasteiger partial charge on any atom is -0.309 e. The molecule has 0 aliphatic rings. The van der Waals surface area contributed by atoms with Gasteiger partial charge >= 0.3 is 0 Å². The molecule has 0 unspecified atom stereocenters. The number of fused-ring (bicyclic) bond motifs is 6. The van der Waals surface area contributed by atoms with Crippen molar-refractivity contribution in [2.24, 2.45) is 0 Å². The third kappa shape index (κ3) is 6.84. The standard InChI is InChI=1S/C63H41N5/c1-4-16-42(17-5-1)43-30-32-45(33-31-43)62-64-61(44-18-6-2-7-19-44)65-63(66-62)50-22-14-20-46(38-50)48-34-36-56-54-27-11-13-29-58(54)68(60(56)40-48)52-25-15-21-47(39-52)49-35-37-55-53-26-10-12-28-57(53)67(59(55)41-49)51-23-8-3-9-24-51/h1-41H. The number of benzene rings is 10. The Balaban J connectivity index is 0.907. The molecule has 0 aliphatic carbocycles. The Morgan fingerprint density at radius 1 is 0.206 bits per heavy atom. The molecule has 0 N–H and O–H groups in total. The van der Waals surface area contributed by atoms with Gasteiger partial charge in [-0.3, -0.25) is 0 Å². The number of hydrogen-bond donors (Lipinski definition) is 0. The first-order valence-electron chi connectivity index (χ1n) is 23.0. The maximum Gasteiger partial charge on any atom is 0.164 e. The van der Waals surface area contributed by atoms with Crippen LogP contribution < -0.4 is 0 Å². The first-order chi connectivity index (χ1) is 33.7. The summed E-state index contributed by atoms with van der Waals surface area (Å²) in [5.74, 6) is 1.89. The summed E-state index contributed by atoms with van der Waals surface area (Å²) in [5, 5.41) is 4.90. The van der Waals surface area contributed by atoms with E-state index in [2.05, 4.69) is 221 Å². The van der Waals surface area contributed by atoms with Crippen LogP contribution in [0.3, 0.4) is 0 Å². The fraction of sp³-hybridized carbons (Fsp3) is 0. The Morgan fingerprint density at radius 3 is 1.16 bits per heavy atom. The van der Waals surface area contributed by atoms with E-state index in [-0.39, 0.29) is 0 Å². The summed E-state index contributed by atoms with van der Waals surface area (Å²) in [6.07, 6.45) is 0. The van der Waals surface area contributed by atoms with Crippen molar-refractivity contribution in [3.8, 4) is 78.9 Å². The minimum atomic E-state index is 0.622. The van der Waals surface area contributed by atoms with Crippen molar-refractivity contribution in [1.29, 1.82) is 0 Å². The lowest BCUT2D eigenvalue weighted by Crippen LogP contribution is -2.00. The van der Waals surface area contributed by atoms with Crippen LogP contribution in [0.1, 0.15) is 0 Å². The zero-order chi connectivity index (χ0) is 45.0. The molecule has 0 aliphatic heterocycles. The molecule has 68 heavy (non-hydrogen) atoms. The lowest BCUT2D eigenvalue weighted by Gasteiger charge is -2.12. The number of para-hydroxylation sites is 3. The van der Waals surface area contributed by atoms with E-state index in [9.17, 15) is 0 Å². The van der Waals surface area contributed by atoms with Crippen LogP contribution in [0.4, 0.5) is 0 Å². The minimum absolute atomic E-state index is 0.622. The van der Waals surface area contributed by atoms with Crippen molar-refractivity contribution in [1.82, 2.24) is 24.1 Å². The Morgan fingerprint density at radius 2 is 0.559 bits per heavy atom. The van der Waals surface area contributed by atoms with Gasteiger partial charge in [0.1, 0.15) is 0 Å². The van der Waals surface area contributed by atoms with Gasteiger partial charge in [0.05, 0.1) is 22.1 Å². The summed E-state index contributed by atoms with van der Waals surface area (Å²) in [5.41, 5.74) is 16.5. The van der Waals surface area contributed by atoms with Crippen LogP contribution in [0.5, 0.6) is 0 Å². The molecule has 0 spiro atoms. The third-order valence-corrected chi connectivity index (χ3v) is 13.2. The maximum atomic E-state index is 5.12.